The number of carbonyl (C=O) groups excluding carboxylic acids is 1. The van der Waals surface area contributed by atoms with Crippen LogP contribution in [0.15, 0.2) is 18.2 Å². The molecule has 17 heavy (non-hydrogen) atoms. The minimum Gasteiger partial charge on any atom is -0.497 e. The Labute approximate surface area is 102 Å². The number of hydrogen-bond acceptors (Lipinski definition) is 3. The number of likely N-dealkylation sites (N-methyl/N-ethyl adjacent to an activating group) is 1. The van der Waals surface area contributed by atoms with Crippen LogP contribution in [0.3, 0.4) is 0 Å². The first-order chi connectivity index (χ1) is 8.15. The lowest BCUT2D eigenvalue weighted by Gasteiger charge is -2.25. The van der Waals surface area contributed by atoms with Gasteiger partial charge < -0.3 is 9.64 Å². The third kappa shape index (κ3) is 2.28. The molecule has 1 aliphatic rings. The summed E-state index contributed by atoms with van der Waals surface area (Å²) < 4.78 is 5.24. The minimum atomic E-state index is 0.258. The topological polar surface area (TPSA) is 29.5 Å². The van der Waals surface area contributed by atoms with Crippen molar-refractivity contribution in [1.29, 1.82) is 0 Å². The SMILES string of the molecule is CCN1c2ccc(OC)cc2CC1CC(C)=O. The average Bonchev–Trinajstić information content (AvgIpc) is 2.63. The Morgan fingerprint density at radius 3 is 2.88 bits per heavy atom. The van der Waals surface area contributed by atoms with E-state index in [9.17, 15) is 4.79 Å². The van der Waals surface area contributed by atoms with E-state index < -0.39 is 0 Å². The molecule has 0 spiro atoms. The van der Waals surface area contributed by atoms with Crippen LogP contribution in [0.5, 0.6) is 5.75 Å². The highest BCUT2D eigenvalue weighted by Crippen LogP contribution is 2.35. The summed E-state index contributed by atoms with van der Waals surface area (Å²) >= 11 is 0. The third-order valence-electron chi connectivity index (χ3n) is 3.36. The lowest BCUT2D eigenvalue weighted by atomic mass is 10.1. The molecule has 2 rings (SSSR count). The number of anilines is 1. The molecule has 1 aliphatic heterocycles. The fraction of sp³-hybridized carbons (Fsp3) is 0.500. The van der Waals surface area contributed by atoms with Crippen molar-refractivity contribution in [1.82, 2.24) is 0 Å². The van der Waals surface area contributed by atoms with Gasteiger partial charge in [-0.05, 0) is 44.0 Å². The van der Waals surface area contributed by atoms with Crippen LogP contribution in [0.4, 0.5) is 5.69 Å². The van der Waals surface area contributed by atoms with Crippen LogP contribution in [0.1, 0.15) is 25.8 Å². The van der Waals surface area contributed by atoms with Crippen molar-refractivity contribution in [3.8, 4) is 5.75 Å². The van der Waals surface area contributed by atoms with Crippen molar-refractivity contribution < 1.29 is 9.53 Å². The van der Waals surface area contributed by atoms with Crippen molar-refractivity contribution in [2.45, 2.75) is 32.7 Å². The number of benzene rings is 1. The monoisotopic (exact) mass is 233 g/mol. The maximum atomic E-state index is 11.3. The van der Waals surface area contributed by atoms with Gasteiger partial charge in [-0.2, -0.15) is 0 Å². The van der Waals surface area contributed by atoms with Gasteiger partial charge in [0.05, 0.1) is 7.11 Å². The molecule has 0 bridgehead atoms. The first kappa shape index (κ1) is 12.0. The van der Waals surface area contributed by atoms with Crippen molar-refractivity contribution >= 4 is 11.5 Å². The summed E-state index contributed by atoms with van der Waals surface area (Å²) in [5.41, 5.74) is 2.54. The molecule has 0 aromatic heterocycles. The predicted molar refractivity (Wildman–Crippen MR) is 68.8 cm³/mol. The Morgan fingerprint density at radius 1 is 1.53 bits per heavy atom. The molecule has 0 fully saturated rings. The van der Waals surface area contributed by atoms with Crippen molar-refractivity contribution in [3.05, 3.63) is 23.8 Å². The number of fused-ring (bicyclic) bond motifs is 1. The average molecular weight is 233 g/mol. The second-order valence-electron chi connectivity index (χ2n) is 4.54. The molecule has 0 amide bonds. The zero-order valence-electron chi connectivity index (χ0n) is 10.7. The molecule has 1 unspecified atom stereocenters. The molecule has 1 heterocycles. The van der Waals surface area contributed by atoms with E-state index in [4.69, 9.17) is 4.74 Å². The molecule has 0 saturated heterocycles. The highest BCUT2D eigenvalue weighted by Gasteiger charge is 2.29. The second-order valence-corrected chi connectivity index (χ2v) is 4.54. The van der Waals surface area contributed by atoms with Crippen molar-refractivity contribution in [2.75, 3.05) is 18.6 Å². The van der Waals surface area contributed by atoms with Crippen LogP contribution in [0.2, 0.25) is 0 Å². The van der Waals surface area contributed by atoms with E-state index in [1.54, 1.807) is 14.0 Å². The number of ether oxygens (including phenoxy) is 1. The summed E-state index contributed by atoms with van der Waals surface area (Å²) in [6.45, 7) is 4.74. The van der Waals surface area contributed by atoms with Gasteiger partial charge >= 0.3 is 0 Å². The number of methoxy groups -OCH3 is 1. The van der Waals surface area contributed by atoms with Gasteiger partial charge in [-0.3, -0.25) is 4.79 Å². The van der Waals surface area contributed by atoms with Crippen LogP contribution in [-0.4, -0.2) is 25.5 Å². The molecule has 1 aromatic rings. The maximum Gasteiger partial charge on any atom is 0.131 e. The predicted octanol–water partition coefficient (Wildman–Crippen LogP) is 2.43. The number of ketones is 1. The van der Waals surface area contributed by atoms with Gasteiger partial charge in [0.25, 0.3) is 0 Å². The maximum absolute atomic E-state index is 11.3. The molecule has 0 N–H and O–H groups in total. The molecule has 1 aromatic carbocycles. The molecule has 0 saturated carbocycles. The molecular formula is C14H19NO2. The molecule has 92 valence electrons. The van der Waals surface area contributed by atoms with Gasteiger partial charge in [-0.15, -0.1) is 0 Å². The Bertz CT molecular complexity index is 428. The standard InChI is InChI=1S/C14H19NO2/c1-4-15-12(7-10(2)16)8-11-9-13(17-3)5-6-14(11)15/h5-6,9,12H,4,7-8H2,1-3H3. The number of carbonyl (C=O) groups is 1. The van der Waals surface area contributed by atoms with Gasteiger partial charge in [0, 0.05) is 24.7 Å². The fourth-order valence-corrected chi connectivity index (χ4v) is 2.64. The second kappa shape index (κ2) is 4.78. The molecule has 1 atom stereocenters. The number of rotatable bonds is 4. The smallest absolute Gasteiger partial charge is 0.131 e. The van der Waals surface area contributed by atoms with E-state index in [0.717, 1.165) is 18.7 Å². The largest absolute Gasteiger partial charge is 0.497 e. The van der Waals surface area contributed by atoms with Gasteiger partial charge in [0.2, 0.25) is 0 Å². The summed E-state index contributed by atoms with van der Waals surface area (Å²) in [5, 5.41) is 0. The first-order valence-electron chi connectivity index (χ1n) is 6.08. The normalized spacial score (nSPS) is 18.1. The number of hydrogen-bond donors (Lipinski definition) is 0. The van der Waals surface area contributed by atoms with E-state index >= 15 is 0 Å². The fourth-order valence-electron chi connectivity index (χ4n) is 2.64. The van der Waals surface area contributed by atoms with Gasteiger partial charge in [-0.25, -0.2) is 0 Å². The lowest BCUT2D eigenvalue weighted by Crippen LogP contribution is -2.33. The molecule has 3 heteroatoms. The summed E-state index contributed by atoms with van der Waals surface area (Å²) in [5.74, 6) is 1.15. The summed E-state index contributed by atoms with van der Waals surface area (Å²) in [6.07, 6.45) is 1.57. The lowest BCUT2D eigenvalue weighted by molar-refractivity contribution is -0.117. The van der Waals surface area contributed by atoms with Crippen LogP contribution in [0.25, 0.3) is 0 Å². The van der Waals surface area contributed by atoms with Crippen LogP contribution >= 0.6 is 0 Å². The Kier molecular flexibility index (Phi) is 3.36. The quantitative estimate of drug-likeness (QED) is 0.800. The summed E-state index contributed by atoms with van der Waals surface area (Å²) in [4.78, 5) is 13.6. The first-order valence-corrected chi connectivity index (χ1v) is 6.08. The Hall–Kier alpha value is -1.51. The summed E-state index contributed by atoms with van der Waals surface area (Å²) in [7, 11) is 1.68. The van der Waals surface area contributed by atoms with E-state index in [-0.39, 0.29) is 5.78 Å². The van der Waals surface area contributed by atoms with E-state index in [0.29, 0.717) is 12.5 Å². The van der Waals surface area contributed by atoms with Gasteiger partial charge in [0.1, 0.15) is 11.5 Å². The number of Topliss-reactive ketones (excluding diaryl/α,β-unsaturated/α-hetero) is 1. The summed E-state index contributed by atoms with van der Waals surface area (Å²) in [6, 6.07) is 6.48. The Balaban J connectivity index is 2.27. The van der Waals surface area contributed by atoms with Crippen LogP contribution < -0.4 is 9.64 Å². The van der Waals surface area contributed by atoms with Gasteiger partial charge in [-0.1, -0.05) is 0 Å². The molecule has 0 radical (unpaired) electrons. The highest BCUT2D eigenvalue weighted by atomic mass is 16.5. The van der Waals surface area contributed by atoms with Crippen molar-refractivity contribution in [2.24, 2.45) is 0 Å². The van der Waals surface area contributed by atoms with Crippen LogP contribution in [-0.2, 0) is 11.2 Å². The van der Waals surface area contributed by atoms with Crippen molar-refractivity contribution in [3.63, 3.8) is 0 Å². The zero-order chi connectivity index (χ0) is 12.4. The molecule has 3 nitrogen and oxygen atoms in total. The third-order valence-corrected chi connectivity index (χ3v) is 3.36. The van der Waals surface area contributed by atoms with E-state index in [1.165, 1.54) is 11.3 Å². The van der Waals surface area contributed by atoms with E-state index in [2.05, 4.69) is 24.0 Å². The van der Waals surface area contributed by atoms with E-state index in [1.807, 2.05) is 6.07 Å². The Morgan fingerprint density at radius 2 is 2.29 bits per heavy atom. The molecule has 0 aliphatic carbocycles. The highest BCUT2D eigenvalue weighted by molar-refractivity contribution is 5.77. The van der Waals surface area contributed by atoms with Gasteiger partial charge in [0.15, 0.2) is 0 Å². The minimum absolute atomic E-state index is 0.258. The molecular weight excluding hydrogens is 214 g/mol. The van der Waals surface area contributed by atoms with Crippen LogP contribution in [0, 0.1) is 0 Å². The number of nitrogens with zero attached hydrogens (tertiary/aromatic N) is 1. The zero-order valence-corrected chi connectivity index (χ0v) is 10.7.